The number of pyridine rings is 1. The van der Waals surface area contributed by atoms with Gasteiger partial charge in [0.15, 0.2) is 17.6 Å². The van der Waals surface area contributed by atoms with Crippen molar-refractivity contribution in [1.82, 2.24) is 20.5 Å². The molecule has 33 heavy (non-hydrogen) atoms. The number of amides is 1. The van der Waals surface area contributed by atoms with Crippen molar-refractivity contribution in [2.75, 3.05) is 38.1 Å². The topological polar surface area (TPSA) is 72.9 Å². The number of anilines is 1. The van der Waals surface area contributed by atoms with Gasteiger partial charge in [0, 0.05) is 57.6 Å². The molecule has 0 bridgehead atoms. The van der Waals surface area contributed by atoms with E-state index in [0.717, 1.165) is 50.0 Å². The number of aliphatic imine (C=N–C) groups is 1. The number of guanidine groups is 1. The normalized spacial score (nSPS) is 18.6. The second kappa shape index (κ2) is 12.2. The molecule has 1 aromatic heterocycles. The molecule has 2 saturated heterocycles. The molecule has 178 valence electrons. The largest absolute Gasteiger partial charge is 0.352 e. The quantitative estimate of drug-likeness (QED) is 0.330. The van der Waals surface area contributed by atoms with Gasteiger partial charge in [0.25, 0.3) is 5.91 Å². The maximum atomic E-state index is 14.0. The first kappa shape index (κ1) is 25.2. The van der Waals surface area contributed by atoms with Crippen molar-refractivity contribution in [2.24, 2.45) is 4.99 Å². The van der Waals surface area contributed by atoms with Crippen molar-refractivity contribution in [3.05, 3.63) is 59.5 Å². The highest BCUT2D eigenvalue weighted by Gasteiger charge is 2.26. The van der Waals surface area contributed by atoms with Crippen LogP contribution in [0.15, 0.2) is 47.6 Å². The molecular weight excluding hydrogens is 534 g/mol. The van der Waals surface area contributed by atoms with Crippen molar-refractivity contribution >= 4 is 41.7 Å². The van der Waals surface area contributed by atoms with Crippen molar-refractivity contribution in [3.8, 4) is 0 Å². The average molecular weight is 566 g/mol. The van der Waals surface area contributed by atoms with Gasteiger partial charge in [-0.2, -0.15) is 0 Å². The van der Waals surface area contributed by atoms with Gasteiger partial charge in [-0.3, -0.25) is 9.79 Å². The van der Waals surface area contributed by atoms with Crippen LogP contribution in [0.1, 0.15) is 41.6 Å². The number of hydrogen-bond acceptors (Lipinski definition) is 4. The molecule has 0 saturated carbocycles. The van der Waals surface area contributed by atoms with Gasteiger partial charge in [-0.1, -0.05) is 12.1 Å². The lowest BCUT2D eigenvalue weighted by Gasteiger charge is -2.26. The number of likely N-dealkylation sites (tertiary alicyclic amines) is 1. The van der Waals surface area contributed by atoms with E-state index in [0.29, 0.717) is 24.9 Å². The van der Waals surface area contributed by atoms with Crippen LogP contribution < -0.4 is 15.5 Å². The van der Waals surface area contributed by atoms with E-state index in [9.17, 15) is 9.18 Å². The van der Waals surface area contributed by atoms with Gasteiger partial charge in [-0.05, 0) is 55.5 Å². The van der Waals surface area contributed by atoms with E-state index in [2.05, 4.69) is 20.6 Å². The summed E-state index contributed by atoms with van der Waals surface area (Å²) in [6.45, 7) is 3.73. The van der Waals surface area contributed by atoms with E-state index in [4.69, 9.17) is 0 Å². The van der Waals surface area contributed by atoms with Crippen LogP contribution in [0.2, 0.25) is 0 Å². The van der Waals surface area contributed by atoms with Crippen LogP contribution in [0.4, 0.5) is 10.2 Å². The number of carbonyl (C=O) groups excluding carboxylic acids is 1. The zero-order valence-corrected chi connectivity index (χ0v) is 21.3. The highest BCUT2D eigenvalue weighted by atomic mass is 127. The molecule has 4 rings (SSSR count). The molecular formula is C24H32FIN6O. The van der Waals surface area contributed by atoms with Gasteiger partial charge in [0.1, 0.15) is 0 Å². The first-order valence-electron chi connectivity index (χ1n) is 11.3. The lowest BCUT2D eigenvalue weighted by molar-refractivity contribution is 0.0724. The van der Waals surface area contributed by atoms with Crippen molar-refractivity contribution in [2.45, 2.75) is 38.3 Å². The average Bonchev–Trinajstić information content (AvgIpc) is 3.30. The second-order valence-electron chi connectivity index (χ2n) is 8.36. The highest BCUT2D eigenvalue weighted by molar-refractivity contribution is 14.0. The maximum absolute atomic E-state index is 14.0. The molecule has 1 amide bonds. The number of halogens is 2. The predicted octanol–water partition coefficient (Wildman–Crippen LogP) is 3.41. The van der Waals surface area contributed by atoms with Crippen LogP contribution >= 0.6 is 24.0 Å². The van der Waals surface area contributed by atoms with E-state index in [1.54, 1.807) is 19.3 Å². The minimum atomic E-state index is -0.294. The lowest BCUT2D eigenvalue weighted by Crippen LogP contribution is -2.44. The van der Waals surface area contributed by atoms with E-state index in [1.165, 1.54) is 12.5 Å². The Balaban J connectivity index is 0.00000306. The van der Waals surface area contributed by atoms with Gasteiger partial charge >= 0.3 is 0 Å². The first-order valence-corrected chi connectivity index (χ1v) is 11.3. The molecule has 3 heterocycles. The van der Waals surface area contributed by atoms with Gasteiger partial charge in [0.05, 0.1) is 0 Å². The Morgan fingerprint density at radius 1 is 1.15 bits per heavy atom. The molecule has 2 aliphatic rings. The predicted molar refractivity (Wildman–Crippen MR) is 140 cm³/mol. The summed E-state index contributed by atoms with van der Waals surface area (Å²) in [6, 6.07) is 11.0. The van der Waals surface area contributed by atoms with Gasteiger partial charge in [-0.25, -0.2) is 9.37 Å². The van der Waals surface area contributed by atoms with Crippen LogP contribution in [0.5, 0.6) is 0 Å². The van der Waals surface area contributed by atoms with Crippen molar-refractivity contribution in [1.29, 1.82) is 0 Å². The zero-order chi connectivity index (χ0) is 22.3. The van der Waals surface area contributed by atoms with Crippen LogP contribution in [0.25, 0.3) is 0 Å². The zero-order valence-electron chi connectivity index (χ0n) is 19.0. The SMILES string of the molecule is CN=C(NCc1ccc(C(=O)N2CCCCC2)cc1)NC1CCN(c2ncccc2F)C1.I. The summed E-state index contributed by atoms with van der Waals surface area (Å²) in [5.74, 6) is 0.931. The number of carbonyl (C=O) groups is 1. The number of piperidine rings is 1. The van der Waals surface area contributed by atoms with Crippen LogP contribution in [0, 0.1) is 5.82 Å². The highest BCUT2D eigenvalue weighted by Crippen LogP contribution is 2.20. The fraction of sp³-hybridized carbons (Fsp3) is 0.458. The minimum absolute atomic E-state index is 0. The van der Waals surface area contributed by atoms with Crippen LogP contribution in [0.3, 0.4) is 0 Å². The van der Waals surface area contributed by atoms with Gasteiger partial charge < -0.3 is 20.4 Å². The number of hydrogen-bond donors (Lipinski definition) is 2. The molecule has 0 spiro atoms. The van der Waals surface area contributed by atoms with E-state index in [1.807, 2.05) is 34.1 Å². The van der Waals surface area contributed by atoms with Crippen LogP contribution in [-0.4, -0.2) is 61.0 Å². The molecule has 1 atom stereocenters. The molecule has 2 fully saturated rings. The standard InChI is InChI=1S/C24H31FN6O.HI/c1-26-24(29-20-11-15-31(17-20)22-21(25)6-5-12-27-22)28-16-18-7-9-19(10-8-18)23(32)30-13-3-2-4-14-30;/h5-10,12,20H,2-4,11,13-17H2,1H3,(H2,26,28,29);1H. The van der Waals surface area contributed by atoms with E-state index >= 15 is 0 Å². The Hall–Kier alpha value is -2.43. The number of benzene rings is 1. The first-order chi connectivity index (χ1) is 15.6. The van der Waals surface area contributed by atoms with Crippen molar-refractivity contribution < 1.29 is 9.18 Å². The fourth-order valence-electron chi connectivity index (χ4n) is 4.30. The lowest BCUT2D eigenvalue weighted by atomic mass is 10.1. The van der Waals surface area contributed by atoms with Gasteiger partial charge in [0.2, 0.25) is 0 Å². The van der Waals surface area contributed by atoms with E-state index in [-0.39, 0.29) is 41.7 Å². The Morgan fingerprint density at radius 2 is 1.91 bits per heavy atom. The Bertz CT molecular complexity index is 948. The second-order valence-corrected chi connectivity index (χ2v) is 8.36. The number of nitrogens with zero attached hydrogens (tertiary/aromatic N) is 4. The summed E-state index contributed by atoms with van der Waals surface area (Å²) in [6.07, 6.45) is 5.89. The Kier molecular flexibility index (Phi) is 9.28. The molecule has 1 aromatic carbocycles. The molecule has 2 N–H and O–H groups in total. The summed E-state index contributed by atoms with van der Waals surface area (Å²) in [5, 5.41) is 6.74. The summed E-state index contributed by atoms with van der Waals surface area (Å²) >= 11 is 0. The molecule has 2 aromatic rings. The maximum Gasteiger partial charge on any atom is 0.253 e. The number of aromatic nitrogens is 1. The smallest absolute Gasteiger partial charge is 0.253 e. The molecule has 1 unspecified atom stereocenters. The third kappa shape index (κ3) is 6.55. The summed E-state index contributed by atoms with van der Waals surface area (Å²) in [7, 11) is 1.74. The molecule has 7 nitrogen and oxygen atoms in total. The number of nitrogens with one attached hydrogen (secondary N) is 2. The number of rotatable bonds is 5. The monoisotopic (exact) mass is 566 g/mol. The van der Waals surface area contributed by atoms with Crippen LogP contribution in [-0.2, 0) is 6.54 Å². The fourth-order valence-corrected chi connectivity index (χ4v) is 4.30. The Morgan fingerprint density at radius 3 is 2.61 bits per heavy atom. The summed E-state index contributed by atoms with van der Waals surface area (Å²) in [4.78, 5) is 25.0. The molecule has 0 aliphatic carbocycles. The minimum Gasteiger partial charge on any atom is -0.352 e. The summed E-state index contributed by atoms with van der Waals surface area (Å²) < 4.78 is 14.0. The van der Waals surface area contributed by atoms with Gasteiger partial charge in [-0.15, -0.1) is 24.0 Å². The molecule has 0 radical (unpaired) electrons. The third-order valence-electron chi connectivity index (χ3n) is 6.10. The van der Waals surface area contributed by atoms with Crippen molar-refractivity contribution in [3.63, 3.8) is 0 Å². The Labute approximate surface area is 211 Å². The van der Waals surface area contributed by atoms with E-state index < -0.39 is 0 Å². The molecule has 2 aliphatic heterocycles. The third-order valence-corrected chi connectivity index (χ3v) is 6.10. The molecule has 9 heteroatoms. The summed E-state index contributed by atoms with van der Waals surface area (Å²) in [5.41, 5.74) is 1.82.